The summed E-state index contributed by atoms with van der Waals surface area (Å²) in [6.45, 7) is 4.52. The van der Waals surface area contributed by atoms with Gasteiger partial charge in [0.05, 0.1) is 19.0 Å². The molecule has 1 aromatic heterocycles. The zero-order valence-corrected chi connectivity index (χ0v) is 11.9. The minimum Gasteiger partial charge on any atom is -0.493 e. The van der Waals surface area contributed by atoms with Gasteiger partial charge in [0.25, 0.3) is 0 Å². The predicted molar refractivity (Wildman–Crippen MR) is 76.8 cm³/mol. The fourth-order valence-electron chi connectivity index (χ4n) is 3.44. The second kappa shape index (κ2) is 5.37. The number of nitrogens with one attached hydrogen (secondary N) is 1. The van der Waals surface area contributed by atoms with Crippen molar-refractivity contribution in [1.29, 1.82) is 0 Å². The summed E-state index contributed by atoms with van der Waals surface area (Å²) in [4.78, 5) is 6.93. The second-order valence-corrected chi connectivity index (χ2v) is 5.66. The van der Waals surface area contributed by atoms with Crippen LogP contribution < -0.4 is 10.1 Å². The number of anilines is 1. The van der Waals surface area contributed by atoms with E-state index in [1.165, 1.54) is 38.8 Å². The first-order valence-corrected chi connectivity index (χ1v) is 7.29. The zero-order valence-electron chi connectivity index (χ0n) is 11.9. The van der Waals surface area contributed by atoms with E-state index in [9.17, 15) is 0 Å². The highest BCUT2D eigenvalue weighted by Crippen LogP contribution is 2.32. The SMILES string of the molecule is COc1cnc(C)cc1NC1CCN2CCCCC12. The predicted octanol–water partition coefficient (Wildman–Crippen LogP) is 2.44. The van der Waals surface area contributed by atoms with Gasteiger partial charge in [0.1, 0.15) is 0 Å². The lowest BCUT2D eigenvalue weighted by Gasteiger charge is -2.33. The van der Waals surface area contributed by atoms with Crippen molar-refractivity contribution in [3.8, 4) is 5.75 Å². The van der Waals surface area contributed by atoms with Crippen LogP contribution in [0.4, 0.5) is 5.69 Å². The summed E-state index contributed by atoms with van der Waals surface area (Å²) in [6, 6.07) is 3.34. The van der Waals surface area contributed by atoms with E-state index in [-0.39, 0.29) is 0 Å². The van der Waals surface area contributed by atoms with Crippen molar-refractivity contribution < 1.29 is 4.74 Å². The van der Waals surface area contributed by atoms with Crippen molar-refractivity contribution in [1.82, 2.24) is 9.88 Å². The summed E-state index contributed by atoms with van der Waals surface area (Å²) in [5.74, 6) is 0.847. The number of nitrogens with zero attached hydrogens (tertiary/aromatic N) is 2. The Morgan fingerprint density at radius 2 is 2.21 bits per heavy atom. The number of piperidine rings is 1. The molecule has 3 heterocycles. The molecule has 2 aliphatic heterocycles. The highest BCUT2D eigenvalue weighted by atomic mass is 16.5. The number of rotatable bonds is 3. The van der Waals surface area contributed by atoms with E-state index in [0.29, 0.717) is 12.1 Å². The molecule has 2 fully saturated rings. The number of hydrogen-bond acceptors (Lipinski definition) is 4. The van der Waals surface area contributed by atoms with Gasteiger partial charge >= 0.3 is 0 Å². The van der Waals surface area contributed by atoms with Gasteiger partial charge in [-0.1, -0.05) is 6.42 Å². The fraction of sp³-hybridized carbons (Fsp3) is 0.667. The molecule has 19 heavy (non-hydrogen) atoms. The minimum absolute atomic E-state index is 0.552. The van der Waals surface area contributed by atoms with Crippen molar-refractivity contribution in [2.45, 2.75) is 44.7 Å². The third-order valence-corrected chi connectivity index (χ3v) is 4.42. The standard InChI is InChI=1S/C15H23N3O/c1-11-9-13(15(19-2)10-16-11)17-12-6-8-18-7-4-3-5-14(12)18/h9-10,12,14H,3-8H2,1-2H3,(H,16,17). The number of hydrogen-bond donors (Lipinski definition) is 1. The second-order valence-electron chi connectivity index (χ2n) is 5.66. The Kier molecular flexibility index (Phi) is 3.60. The Balaban J connectivity index is 1.76. The molecular formula is C15H23N3O. The summed E-state index contributed by atoms with van der Waals surface area (Å²) in [7, 11) is 1.71. The number of aryl methyl sites for hydroxylation is 1. The average molecular weight is 261 g/mol. The molecule has 1 N–H and O–H groups in total. The van der Waals surface area contributed by atoms with Crippen molar-refractivity contribution in [3.05, 3.63) is 18.0 Å². The maximum atomic E-state index is 5.41. The first kappa shape index (κ1) is 12.7. The molecule has 2 unspecified atom stereocenters. The van der Waals surface area contributed by atoms with Gasteiger partial charge in [0, 0.05) is 24.3 Å². The van der Waals surface area contributed by atoms with E-state index in [2.05, 4.69) is 21.3 Å². The molecule has 2 saturated heterocycles. The molecule has 0 bridgehead atoms. The molecule has 1 aromatic rings. The maximum absolute atomic E-state index is 5.41. The monoisotopic (exact) mass is 261 g/mol. The third kappa shape index (κ3) is 2.54. The van der Waals surface area contributed by atoms with Crippen molar-refractivity contribution in [3.63, 3.8) is 0 Å². The molecule has 0 radical (unpaired) electrons. The Labute approximate surface area is 115 Å². The van der Waals surface area contributed by atoms with Crippen molar-refractivity contribution in [2.75, 3.05) is 25.5 Å². The Hall–Kier alpha value is -1.29. The first-order valence-electron chi connectivity index (χ1n) is 7.29. The highest BCUT2D eigenvalue weighted by molar-refractivity contribution is 5.56. The number of ether oxygens (including phenoxy) is 1. The maximum Gasteiger partial charge on any atom is 0.160 e. The number of aromatic nitrogens is 1. The van der Waals surface area contributed by atoms with Crippen LogP contribution in [0.2, 0.25) is 0 Å². The summed E-state index contributed by atoms with van der Waals surface area (Å²) in [5, 5.41) is 3.69. The molecule has 3 rings (SSSR count). The summed E-state index contributed by atoms with van der Waals surface area (Å²) in [6.07, 6.45) is 7.09. The van der Waals surface area contributed by atoms with Crippen LogP contribution in [0.15, 0.2) is 12.3 Å². The summed E-state index contributed by atoms with van der Waals surface area (Å²) in [5.41, 5.74) is 2.12. The smallest absolute Gasteiger partial charge is 0.160 e. The first-order chi connectivity index (χ1) is 9.28. The van der Waals surface area contributed by atoms with Crippen LogP contribution in [0.5, 0.6) is 5.75 Å². The van der Waals surface area contributed by atoms with Gasteiger partial charge in [-0.05, 0) is 38.8 Å². The van der Waals surface area contributed by atoms with Gasteiger partial charge in [-0.2, -0.15) is 0 Å². The van der Waals surface area contributed by atoms with Crippen LogP contribution in [0, 0.1) is 6.92 Å². The molecule has 0 spiro atoms. The van der Waals surface area contributed by atoms with Crippen LogP contribution in [0.1, 0.15) is 31.4 Å². The van der Waals surface area contributed by atoms with Gasteiger partial charge in [0.2, 0.25) is 0 Å². The molecule has 104 valence electrons. The lowest BCUT2D eigenvalue weighted by molar-refractivity contribution is 0.192. The average Bonchev–Trinajstić information content (AvgIpc) is 2.83. The lowest BCUT2D eigenvalue weighted by Crippen LogP contribution is -2.41. The number of pyridine rings is 1. The summed E-state index contributed by atoms with van der Waals surface area (Å²) >= 11 is 0. The van der Waals surface area contributed by atoms with E-state index >= 15 is 0 Å². The molecule has 2 aliphatic rings. The molecule has 0 aliphatic carbocycles. The largest absolute Gasteiger partial charge is 0.493 e. The molecule has 0 saturated carbocycles. The Morgan fingerprint density at radius 1 is 1.32 bits per heavy atom. The van der Waals surface area contributed by atoms with E-state index in [1.807, 2.05) is 13.1 Å². The fourth-order valence-corrected chi connectivity index (χ4v) is 3.44. The number of fused-ring (bicyclic) bond motifs is 1. The molecule has 0 amide bonds. The van der Waals surface area contributed by atoms with Gasteiger partial charge in [0.15, 0.2) is 5.75 Å². The molecular weight excluding hydrogens is 238 g/mol. The lowest BCUT2D eigenvalue weighted by atomic mass is 9.99. The van der Waals surface area contributed by atoms with E-state index in [0.717, 1.165) is 17.1 Å². The van der Waals surface area contributed by atoms with Crippen molar-refractivity contribution in [2.24, 2.45) is 0 Å². The van der Waals surface area contributed by atoms with E-state index in [1.54, 1.807) is 7.11 Å². The van der Waals surface area contributed by atoms with Crippen LogP contribution in [-0.2, 0) is 0 Å². The van der Waals surface area contributed by atoms with Gasteiger partial charge < -0.3 is 10.1 Å². The Bertz CT molecular complexity index is 449. The molecule has 2 atom stereocenters. The Morgan fingerprint density at radius 3 is 3.05 bits per heavy atom. The van der Waals surface area contributed by atoms with Crippen LogP contribution in [0.25, 0.3) is 0 Å². The van der Waals surface area contributed by atoms with Gasteiger partial charge in [-0.3, -0.25) is 9.88 Å². The van der Waals surface area contributed by atoms with Crippen LogP contribution in [-0.4, -0.2) is 42.2 Å². The van der Waals surface area contributed by atoms with Crippen molar-refractivity contribution >= 4 is 5.69 Å². The summed E-state index contributed by atoms with van der Waals surface area (Å²) < 4.78 is 5.41. The van der Waals surface area contributed by atoms with E-state index in [4.69, 9.17) is 4.74 Å². The van der Waals surface area contributed by atoms with Gasteiger partial charge in [-0.15, -0.1) is 0 Å². The van der Waals surface area contributed by atoms with Crippen LogP contribution >= 0.6 is 0 Å². The van der Waals surface area contributed by atoms with Crippen LogP contribution in [0.3, 0.4) is 0 Å². The molecule has 4 nitrogen and oxygen atoms in total. The minimum atomic E-state index is 0.552. The highest BCUT2D eigenvalue weighted by Gasteiger charge is 2.35. The molecule has 0 aromatic carbocycles. The zero-order chi connectivity index (χ0) is 13.2. The topological polar surface area (TPSA) is 37.4 Å². The molecule has 4 heteroatoms. The van der Waals surface area contributed by atoms with Gasteiger partial charge in [-0.25, -0.2) is 0 Å². The van der Waals surface area contributed by atoms with E-state index < -0.39 is 0 Å². The quantitative estimate of drug-likeness (QED) is 0.907. The normalized spacial score (nSPS) is 27.1. The third-order valence-electron chi connectivity index (χ3n) is 4.42. The number of methoxy groups -OCH3 is 1.